The van der Waals surface area contributed by atoms with Crippen molar-refractivity contribution in [3.05, 3.63) is 63.9 Å². The van der Waals surface area contributed by atoms with Crippen LogP contribution >= 0.6 is 0 Å². The first-order chi connectivity index (χ1) is 13.9. The van der Waals surface area contributed by atoms with Gasteiger partial charge in [-0.1, -0.05) is 38.1 Å². The summed E-state index contributed by atoms with van der Waals surface area (Å²) in [5, 5.41) is 0. The molecule has 1 atom stereocenters. The number of aromatic nitrogens is 2. The van der Waals surface area contributed by atoms with Gasteiger partial charge in [0.15, 0.2) is 0 Å². The zero-order valence-electron chi connectivity index (χ0n) is 16.4. The van der Waals surface area contributed by atoms with E-state index in [1.807, 2.05) is 32.0 Å². The fourth-order valence-electron chi connectivity index (χ4n) is 3.89. The molecule has 2 aromatic carbocycles. The Balaban J connectivity index is 1.83. The number of carbonyl (C=O) groups is 2. The van der Waals surface area contributed by atoms with Gasteiger partial charge in [-0.05, 0) is 29.7 Å². The number of hydrogen-bond acceptors (Lipinski definition) is 5. The van der Waals surface area contributed by atoms with Crippen LogP contribution in [-0.2, 0) is 16.1 Å². The van der Waals surface area contributed by atoms with Crippen LogP contribution in [0, 0.1) is 5.92 Å². The molecule has 0 radical (unpaired) electrons. The Morgan fingerprint density at radius 3 is 2.55 bits per heavy atom. The summed E-state index contributed by atoms with van der Waals surface area (Å²) in [6.45, 7) is 3.96. The van der Waals surface area contributed by atoms with Gasteiger partial charge in [-0.25, -0.2) is 9.78 Å². The fourth-order valence-corrected chi connectivity index (χ4v) is 3.89. The van der Waals surface area contributed by atoms with E-state index in [-0.39, 0.29) is 29.6 Å². The van der Waals surface area contributed by atoms with Crippen LogP contribution in [0.25, 0.3) is 22.3 Å². The smallest absolute Gasteiger partial charge is 0.328 e. The van der Waals surface area contributed by atoms with Gasteiger partial charge in [0.2, 0.25) is 0 Å². The number of rotatable bonds is 4. The van der Waals surface area contributed by atoms with Crippen molar-refractivity contribution in [2.75, 3.05) is 7.11 Å². The summed E-state index contributed by atoms with van der Waals surface area (Å²) in [6.07, 6.45) is 0. The first-order valence-electron chi connectivity index (χ1n) is 9.42. The van der Waals surface area contributed by atoms with E-state index in [2.05, 4.69) is 9.97 Å². The van der Waals surface area contributed by atoms with Crippen LogP contribution in [0.2, 0.25) is 0 Å². The molecule has 7 heteroatoms. The molecular weight excluding hydrogens is 370 g/mol. The Labute approximate surface area is 167 Å². The molecule has 0 unspecified atom stereocenters. The second kappa shape index (κ2) is 7.16. The molecule has 0 bridgehead atoms. The number of benzene rings is 2. The van der Waals surface area contributed by atoms with Crippen molar-refractivity contribution in [2.45, 2.75) is 26.4 Å². The summed E-state index contributed by atoms with van der Waals surface area (Å²) >= 11 is 0. The molecule has 4 rings (SSSR count). The van der Waals surface area contributed by atoms with E-state index >= 15 is 0 Å². The van der Waals surface area contributed by atoms with Crippen molar-refractivity contribution in [3.8, 4) is 11.3 Å². The molecule has 3 aromatic rings. The SMILES string of the molecule is COC(=O)[C@H](C(C)C)N1Cc2c(cccc2-c2nc3ccccc3[nH]c2=O)C1=O. The van der Waals surface area contributed by atoms with Crippen molar-refractivity contribution in [1.29, 1.82) is 0 Å². The quantitative estimate of drug-likeness (QED) is 0.691. The molecule has 1 N–H and O–H groups in total. The highest BCUT2D eigenvalue weighted by Gasteiger charge is 2.40. The average Bonchev–Trinajstić information content (AvgIpc) is 3.03. The van der Waals surface area contributed by atoms with E-state index in [0.717, 1.165) is 0 Å². The van der Waals surface area contributed by atoms with Gasteiger partial charge in [0, 0.05) is 17.7 Å². The van der Waals surface area contributed by atoms with Crippen molar-refractivity contribution < 1.29 is 14.3 Å². The monoisotopic (exact) mass is 391 g/mol. The van der Waals surface area contributed by atoms with Crippen LogP contribution in [0.5, 0.6) is 0 Å². The van der Waals surface area contributed by atoms with Crippen molar-refractivity contribution in [2.24, 2.45) is 5.92 Å². The van der Waals surface area contributed by atoms with Gasteiger partial charge in [-0.2, -0.15) is 0 Å². The zero-order chi connectivity index (χ0) is 20.7. The summed E-state index contributed by atoms with van der Waals surface area (Å²) in [4.78, 5) is 47.0. The summed E-state index contributed by atoms with van der Waals surface area (Å²) in [6, 6.07) is 11.8. The lowest BCUT2D eigenvalue weighted by atomic mass is 10.0. The first-order valence-corrected chi connectivity index (χ1v) is 9.42. The summed E-state index contributed by atoms with van der Waals surface area (Å²) in [7, 11) is 1.31. The molecule has 7 nitrogen and oxygen atoms in total. The van der Waals surface area contributed by atoms with Crippen LogP contribution < -0.4 is 5.56 Å². The molecular formula is C22H21N3O4. The number of amides is 1. The number of nitrogens with one attached hydrogen (secondary N) is 1. The van der Waals surface area contributed by atoms with Crippen LogP contribution in [0.15, 0.2) is 47.3 Å². The minimum atomic E-state index is -0.699. The standard InChI is InChI=1S/C22H21N3O4/c1-12(2)19(22(28)29-3)25-11-15-13(7-6-8-14(15)21(25)27)18-20(26)24-17-10-5-4-9-16(17)23-18/h4-10,12,19H,11H2,1-3H3,(H,24,26)/t19-/m0/s1. The van der Waals surface area contributed by atoms with Crippen LogP contribution in [0.1, 0.15) is 29.8 Å². The minimum Gasteiger partial charge on any atom is -0.467 e. The molecule has 1 aliphatic heterocycles. The van der Waals surface area contributed by atoms with Gasteiger partial charge in [-0.15, -0.1) is 0 Å². The summed E-state index contributed by atoms with van der Waals surface area (Å²) < 4.78 is 4.92. The second-order valence-electron chi connectivity index (χ2n) is 7.41. The second-order valence-corrected chi connectivity index (χ2v) is 7.41. The molecule has 1 amide bonds. The molecule has 0 saturated heterocycles. The number of aromatic amines is 1. The number of carbonyl (C=O) groups excluding carboxylic acids is 2. The molecule has 148 valence electrons. The number of fused-ring (bicyclic) bond motifs is 2. The van der Waals surface area contributed by atoms with Gasteiger partial charge >= 0.3 is 5.97 Å². The zero-order valence-corrected chi connectivity index (χ0v) is 16.4. The van der Waals surface area contributed by atoms with Crippen molar-refractivity contribution in [3.63, 3.8) is 0 Å². The van der Waals surface area contributed by atoms with Crippen LogP contribution in [-0.4, -0.2) is 39.9 Å². The third-order valence-electron chi connectivity index (χ3n) is 5.26. The lowest BCUT2D eigenvalue weighted by Gasteiger charge is -2.28. The number of para-hydroxylation sites is 2. The van der Waals surface area contributed by atoms with E-state index in [1.165, 1.54) is 12.0 Å². The van der Waals surface area contributed by atoms with E-state index < -0.39 is 12.0 Å². The molecule has 0 saturated carbocycles. The Bertz CT molecular complexity index is 1180. The fraction of sp³-hybridized carbons (Fsp3) is 0.273. The molecule has 0 aliphatic carbocycles. The van der Waals surface area contributed by atoms with Crippen molar-refractivity contribution >= 4 is 22.9 Å². The number of nitrogens with zero attached hydrogens (tertiary/aromatic N) is 2. The van der Waals surface area contributed by atoms with E-state index in [1.54, 1.807) is 24.3 Å². The number of hydrogen-bond donors (Lipinski definition) is 1. The third kappa shape index (κ3) is 3.08. The minimum absolute atomic E-state index is 0.119. The number of ether oxygens (including phenoxy) is 1. The van der Waals surface area contributed by atoms with Gasteiger partial charge in [-0.3, -0.25) is 9.59 Å². The highest BCUT2D eigenvalue weighted by molar-refractivity contribution is 6.02. The Kier molecular flexibility index (Phi) is 4.66. The Morgan fingerprint density at radius 1 is 1.10 bits per heavy atom. The number of esters is 1. The normalized spacial score (nSPS) is 14.3. The maximum Gasteiger partial charge on any atom is 0.328 e. The molecule has 1 aliphatic rings. The predicted octanol–water partition coefficient (Wildman–Crippen LogP) is 2.74. The average molecular weight is 391 g/mol. The highest BCUT2D eigenvalue weighted by Crippen LogP contribution is 2.33. The van der Waals surface area contributed by atoms with E-state index in [4.69, 9.17) is 4.74 Å². The van der Waals surface area contributed by atoms with Crippen molar-refractivity contribution in [1.82, 2.24) is 14.9 Å². The van der Waals surface area contributed by atoms with E-state index in [9.17, 15) is 14.4 Å². The Morgan fingerprint density at radius 2 is 1.83 bits per heavy atom. The maximum atomic E-state index is 13.1. The summed E-state index contributed by atoms with van der Waals surface area (Å²) in [5.74, 6) is -0.820. The summed E-state index contributed by atoms with van der Waals surface area (Å²) in [5.41, 5.74) is 3.02. The number of H-pyrrole nitrogens is 1. The first kappa shape index (κ1) is 18.9. The Hall–Kier alpha value is -3.48. The lowest BCUT2D eigenvalue weighted by Crippen LogP contribution is -2.45. The van der Waals surface area contributed by atoms with Gasteiger partial charge in [0.25, 0.3) is 11.5 Å². The van der Waals surface area contributed by atoms with Gasteiger partial charge in [0.05, 0.1) is 18.1 Å². The molecule has 2 heterocycles. The molecule has 0 fully saturated rings. The van der Waals surface area contributed by atoms with Gasteiger partial charge in [0.1, 0.15) is 11.7 Å². The third-order valence-corrected chi connectivity index (χ3v) is 5.26. The van der Waals surface area contributed by atoms with Crippen LogP contribution in [0.4, 0.5) is 0 Å². The van der Waals surface area contributed by atoms with Gasteiger partial charge < -0.3 is 14.6 Å². The molecule has 1 aromatic heterocycles. The van der Waals surface area contributed by atoms with E-state index in [0.29, 0.717) is 27.7 Å². The maximum absolute atomic E-state index is 13.1. The predicted molar refractivity (Wildman–Crippen MR) is 108 cm³/mol. The lowest BCUT2D eigenvalue weighted by molar-refractivity contribution is -0.147. The topological polar surface area (TPSA) is 92.4 Å². The molecule has 29 heavy (non-hydrogen) atoms. The molecule has 0 spiro atoms. The largest absolute Gasteiger partial charge is 0.467 e. The number of methoxy groups -OCH3 is 1. The highest BCUT2D eigenvalue weighted by atomic mass is 16.5. The van der Waals surface area contributed by atoms with Crippen LogP contribution in [0.3, 0.4) is 0 Å².